The molecule has 0 unspecified atom stereocenters. The molecule has 0 aliphatic carbocycles. The maximum absolute atomic E-state index is 13.3. The molecule has 0 aliphatic rings. The molecule has 1 aromatic carbocycles. The van der Waals surface area contributed by atoms with Crippen molar-refractivity contribution in [3.63, 3.8) is 0 Å². The zero-order valence-corrected chi connectivity index (χ0v) is 12.9. The Morgan fingerprint density at radius 3 is 2.71 bits per heavy atom. The summed E-state index contributed by atoms with van der Waals surface area (Å²) in [5.41, 5.74) is -0.0782. The Morgan fingerprint density at radius 2 is 2.00 bits per heavy atom. The van der Waals surface area contributed by atoms with Crippen LogP contribution >= 0.6 is 11.6 Å². The Balaban J connectivity index is 1.95. The Bertz CT molecular complexity index is 960. The van der Waals surface area contributed by atoms with Crippen molar-refractivity contribution in [2.75, 3.05) is 5.32 Å². The van der Waals surface area contributed by atoms with E-state index in [0.29, 0.717) is 5.69 Å². The maximum Gasteiger partial charge on any atom is 0.298 e. The highest BCUT2D eigenvalue weighted by atomic mass is 35.5. The number of nitrogens with zero attached hydrogens (tertiary/aromatic N) is 3. The van der Waals surface area contributed by atoms with E-state index in [4.69, 9.17) is 11.6 Å². The number of amides is 1. The molecule has 0 saturated heterocycles. The SMILES string of the molecule is O=C(Nc1nccn(-c2ccc(F)c(Cl)c2)c1=O)c1ccccn1. The predicted octanol–water partition coefficient (Wildman–Crippen LogP) is 2.67. The number of aromatic nitrogens is 3. The van der Waals surface area contributed by atoms with Gasteiger partial charge >= 0.3 is 0 Å². The van der Waals surface area contributed by atoms with E-state index in [9.17, 15) is 14.0 Å². The number of carbonyl (C=O) groups is 1. The second-order valence-corrected chi connectivity index (χ2v) is 5.13. The van der Waals surface area contributed by atoms with Crippen molar-refractivity contribution in [3.8, 4) is 5.69 Å². The van der Waals surface area contributed by atoms with Gasteiger partial charge < -0.3 is 5.32 Å². The summed E-state index contributed by atoms with van der Waals surface area (Å²) in [6.07, 6.45) is 4.20. The topological polar surface area (TPSA) is 76.9 Å². The molecule has 2 aromatic heterocycles. The number of hydrogen-bond acceptors (Lipinski definition) is 4. The minimum Gasteiger partial charge on any atom is -0.301 e. The van der Waals surface area contributed by atoms with Gasteiger partial charge in [0.05, 0.1) is 10.7 Å². The van der Waals surface area contributed by atoms with E-state index >= 15 is 0 Å². The fraction of sp³-hybridized carbons (Fsp3) is 0. The fourth-order valence-corrected chi connectivity index (χ4v) is 2.18. The van der Waals surface area contributed by atoms with Crippen LogP contribution in [0.4, 0.5) is 10.2 Å². The van der Waals surface area contributed by atoms with Gasteiger partial charge in [0.1, 0.15) is 11.5 Å². The van der Waals surface area contributed by atoms with Crippen molar-refractivity contribution in [1.82, 2.24) is 14.5 Å². The van der Waals surface area contributed by atoms with Crippen LogP contribution in [0, 0.1) is 5.82 Å². The first kappa shape index (κ1) is 15.8. The first-order chi connectivity index (χ1) is 11.6. The molecule has 0 spiro atoms. The van der Waals surface area contributed by atoms with Crippen molar-refractivity contribution < 1.29 is 9.18 Å². The van der Waals surface area contributed by atoms with Crippen LogP contribution in [-0.2, 0) is 0 Å². The Kier molecular flexibility index (Phi) is 4.35. The highest BCUT2D eigenvalue weighted by Crippen LogP contribution is 2.18. The highest BCUT2D eigenvalue weighted by Gasteiger charge is 2.13. The lowest BCUT2D eigenvalue weighted by molar-refractivity contribution is 0.102. The van der Waals surface area contributed by atoms with Gasteiger partial charge in [-0.3, -0.25) is 19.1 Å². The average molecular weight is 345 g/mol. The van der Waals surface area contributed by atoms with Crippen molar-refractivity contribution >= 4 is 23.3 Å². The van der Waals surface area contributed by atoms with Gasteiger partial charge in [-0.1, -0.05) is 17.7 Å². The molecule has 0 fully saturated rings. The van der Waals surface area contributed by atoms with Gasteiger partial charge in [0.2, 0.25) is 0 Å². The molecule has 24 heavy (non-hydrogen) atoms. The van der Waals surface area contributed by atoms with Crippen LogP contribution < -0.4 is 10.9 Å². The lowest BCUT2D eigenvalue weighted by Crippen LogP contribution is -2.26. The van der Waals surface area contributed by atoms with Gasteiger partial charge in [-0.05, 0) is 30.3 Å². The van der Waals surface area contributed by atoms with Gasteiger partial charge in [0.15, 0.2) is 5.82 Å². The molecule has 8 heteroatoms. The summed E-state index contributed by atoms with van der Waals surface area (Å²) in [7, 11) is 0. The van der Waals surface area contributed by atoms with Gasteiger partial charge in [-0.25, -0.2) is 9.37 Å². The highest BCUT2D eigenvalue weighted by molar-refractivity contribution is 6.30. The minimum absolute atomic E-state index is 0.115. The van der Waals surface area contributed by atoms with Crippen molar-refractivity contribution in [1.29, 1.82) is 0 Å². The second-order valence-electron chi connectivity index (χ2n) is 4.72. The molecule has 2 heterocycles. The van der Waals surface area contributed by atoms with E-state index in [1.54, 1.807) is 12.1 Å². The molecule has 6 nitrogen and oxygen atoms in total. The number of nitrogens with one attached hydrogen (secondary N) is 1. The predicted molar refractivity (Wildman–Crippen MR) is 87.0 cm³/mol. The largest absolute Gasteiger partial charge is 0.301 e. The fourth-order valence-electron chi connectivity index (χ4n) is 2.00. The zero-order valence-electron chi connectivity index (χ0n) is 12.1. The van der Waals surface area contributed by atoms with Crippen LogP contribution in [0.15, 0.2) is 59.8 Å². The third-order valence-electron chi connectivity index (χ3n) is 3.15. The van der Waals surface area contributed by atoms with Gasteiger partial charge in [-0.2, -0.15) is 0 Å². The molecular weight excluding hydrogens is 335 g/mol. The molecule has 0 radical (unpaired) electrons. The third kappa shape index (κ3) is 3.16. The summed E-state index contributed by atoms with van der Waals surface area (Å²) >= 11 is 5.74. The van der Waals surface area contributed by atoms with E-state index in [-0.39, 0.29) is 16.5 Å². The molecule has 3 rings (SSSR count). The normalized spacial score (nSPS) is 10.4. The van der Waals surface area contributed by atoms with E-state index in [2.05, 4.69) is 15.3 Å². The Labute approximate surface area is 140 Å². The number of rotatable bonds is 3. The molecule has 0 bridgehead atoms. The molecule has 1 amide bonds. The lowest BCUT2D eigenvalue weighted by atomic mass is 10.3. The van der Waals surface area contributed by atoms with Crippen LogP contribution in [0.1, 0.15) is 10.5 Å². The van der Waals surface area contributed by atoms with Gasteiger partial charge in [-0.15, -0.1) is 0 Å². The van der Waals surface area contributed by atoms with Crippen LogP contribution in [0.25, 0.3) is 5.69 Å². The zero-order chi connectivity index (χ0) is 17.1. The Hall–Kier alpha value is -3.06. The average Bonchev–Trinajstić information content (AvgIpc) is 2.60. The first-order valence-corrected chi connectivity index (χ1v) is 7.19. The smallest absolute Gasteiger partial charge is 0.298 e. The van der Waals surface area contributed by atoms with E-state index < -0.39 is 17.3 Å². The standard InChI is InChI=1S/C16H10ClFN4O2/c17-11-9-10(4-5-12(11)18)22-8-7-20-14(16(22)24)21-15(23)13-3-1-2-6-19-13/h1-9H,(H,20,21,23). The number of carbonyl (C=O) groups excluding carboxylic acids is 1. The molecule has 3 aromatic rings. The van der Waals surface area contributed by atoms with Crippen LogP contribution in [0.5, 0.6) is 0 Å². The summed E-state index contributed by atoms with van der Waals surface area (Å²) in [5, 5.41) is 2.29. The summed E-state index contributed by atoms with van der Waals surface area (Å²) in [6.45, 7) is 0. The number of benzene rings is 1. The number of hydrogen-bond donors (Lipinski definition) is 1. The molecule has 0 atom stereocenters. The van der Waals surface area contributed by atoms with Crippen molar-refractivity contribution in [3.05, 3.63) is 81.9 Å². The first-order valence-electron chi connectivity index (χ1n) is 6.82. The summed E-state index contributed by atoms with van der Waals surface area (Å²) in [6, 6.07) is 8.69. The van der Waals surface area contributed by atoms with Crippen molar-refractivity contribution in [2.24, 2.45) is 0 Å². The number of halogens is 2. The monoisotopic (exact) mass is 344 g/mol. The third-order valence-corrected chi connectivity index (χ3v) is 3.44. The van der Waals surface area contributed by atoms with Crippen LogP contribution in [-0.4, -0.2) is 20.4 Å². The van der Waals surface area contributed by atoms with E-state index in [0.717, 1.165) is 6.07 Å². The molecule has 0 saturated carbocycles. The van der Waals surface area contributed by atoms with E-state index in [1.165, 1.54) is 41.4 Å². The summed E-state index contributed by atoms with van der Waals surface area (Å²) in [5.74, 6) is -1.32. The maximum atomic E-state index is 13.3. The van der Waals surface area contributed by atoms with Crippen LogP contribution in [0.2, 0.25) is 5.02 Å². The quantitative estimate of drug-likeness (QED) is 0.792. The van der Waals surface area contributed by atoms with Gasteiger partial charge in [0.25, 0.3) is 11.5 Å². The second kappa shape index (κ2) is 6.59. The summed E-state index contributed by atoms with van der Waals surface area (Å²) in [4.78, 5) is 32.3. The molecular formula is C16H10ClFN4O2. The minimum atomic E-state index is -0.591. The van der Waals surface area contributed by atoms with Crippen molar-refractivity contribution in [2.45, 2.75) is 0 Å². The van der Waals surface area contributed by atoms with E-state index in [1.807, 2.05) is 0 Å². The number of pyridine rings is 1. The molecule has 120 valence electrons. The van der Waals surface area contributed by atoms with Gasteiger partial charge in [0, 0.05) is 18.6 Å². The van der Waals surface area contributed by atoms with Crippen LogP contribution in [0.3, 0.4) is 0 Å². The molecule has 1 N–H and O–H groups in total. The number of anilines is 1. The molecule has 0 aliphatic heterocycles. The lowest BCUT2D eigenvalue weighted by Gasteiger charge is -2.09. The Morgan fingerprint density at radius 1 is 1.17 bits per heavy atom. The summed E-state index contributed by atoms with van der Waals surface area (Å²) < 4.78 is 14.5.